The molecule has 2 N–H and O–H groups in total. The molecular formula is C18H28N2O3. The Morgan fingerprint density at radius 1 is 1.43 bits per heavy atom. The Labute approximate surface area is 138 Å². The number of carbonyl (C=O) groups is 1. The highest BCUT2D eigenvalue weighted by molar-refractivity contribution is 5.78. The normalized spacial score (nSPS) is 21.3. The highest BCUT2D eigenvalue weighted by Gasteiger charge is 2.39. The van der Waals surface area contributed by atoms with Gasteiger partial charge in [-0.3, -0.25) is 9.69 Å². The number of aliphatic hydroxyl groups excluding tert-OH is 1. The summed E-state index contributed by atoms with van der Waals surface area (Å²) in [5, 5.41) is 12.7. The van der Waals surface area contributed by atoms with E-state index in [2.05, 4.69) is 17.1 Å². The van der Waals surface area contributed by atoms with E-state index in [1.54, 1.807) is 7.11 Å². The van der Waals surface area contributed by atoms with Crippen LogP contribution in [0.2, 0.25) is 0 Å². The first-order valence-corrected chi connectivity index (χ1v) is 8.39. The first kappa shape index (κ1) is 17.8. The quantitative estimate of drug-likeness (QED) is 0.764. The molecule has 0 bridgehead atoms. The second kappa shape index (κ2) is 8.31. The van der Waals surface area contributed by atoms with Gasteiger partial charge in [-0.2, -0.15) is 0 Å². The summed E-state index contributed by atoms with van der Waals surface area (Å²) in [6, 6.07) is 7.85. The van der Waals surface area contributed by atoms with Crippen LogP contribution in [-0.2, 0) is 11.2 Å². The van der Waals surface area contributed by atoms with Gasteiger partial charge in [0.25, 0.3) is 0 Å². The molecule has 0 radical (unpaired) electrons. The van der Waals surface area contributed by atoms with Gasteiger partial charge < -0.3 is 15.2 Å². The smallest absolute Gasteiger partial charge is 0.234 e. The third-order valence-electron chi connectivity index (χ3n) is 4.94. The fourth-order valence-electron chi connectivity index (χ4n) is 3.41. The number of para-hydroxylation sites is 1. The van der Waals surface area contributed by atoms with Crippen LogP contribution in [-0.4, -0.2) is 54.8 Å². The molecule has 0 unspecified atom stereocenters. The Morgan fingerprint density at radius 3 is 2.91 bits per heavy atom. The topological polar surface area (TPSA) is 61.8 Å². The summed E-state index contributed by atoms with van der Waals surface area (Å²) in [5.41, 5.74) is 0.884. The van der Waals surface area contributed by atoms with Gasteiger partial charge in [0, 0.05) is 12.1 Å². The molecule has 1 fully saturated rings. The van der Waals surface area contributed by atoms with Gasteiger partial charge in [-0.25, -0.2) is 0 Å². The number of amides is 1. The second-order valence-electron chi connectivity index (χ2n) is 6.17. The summed E-state index contributed by atoms with van der Waals surface area (Å²) in [4.78, 5) is 14.3. The maximum Gasteiger partial charge on any atom is 0.234 e. The van der Waals surface area contributed by atoms with Gasteiger partial charge in [-0.1, -0.05) is 25.1 Å². The molecule has 0 spiro atoms. The maximum absolute atomic E-state index is 12.2. The number of aliphatic hydroxyl groups is 1. The summed E-state index contributed by atoms with van der Waals surface area (Å²) in [7, 11) is 1.66. The Kier molecular flexibility index (Phi) is 6.42. The van der Waals surface area contributed by atoms with Gasteiger partial charge in [0.1, 0.15) is 5.75 Å². The fourth-order valence-corrected chi connectivity index (χ4v) is 3.41. The SMILES string of the molecule is CC[C@@]1(CO)CCCN1CC(=O)NCCc1ccccc1OC. The summed E-state index contributed by atoms with van der Waals surface area (Å²) < 4.78 is 5.32. The number of hydrogen-bond acceptors (Lipinski definition) is 4. The zero-order valence-electron chi connectivity index (χ0n) is 14.2. The summed E-state index contributed by atoms with van der Waals surface area (Å²) in [6.07, 6.45) is 3.63. The zero-order chi connectivity index (χ0) is 16.7. The van der Waals surface area contributed by atoms with Crippen LogP contribution in [0, 0.1) is 0 Å². The van der Waals surface area contributed by atoms with E-state index in [4.69, 9.17) is 4.74 Å². The lowest BCUT2D eigenvalue weighted by atomic mass is 9.94. The molecule has 23 heavy (non-hydrogen) atoms. The number of hydrogen-bond donors (Lipinski definition) is 2. The predicted octanol–water partition coefficient (Wildman–Crippen LogP) is 1.59. The third-order valence-corrected chi connectivity index (χ3v) is 4.94. The first-order valence-electron chi connectivity index (χ1n) is 8.39. The van der Waals surface area contributed by atoms with Gasteiger partial charge in [-0.15, -0.1) is 0 Å². The monoisotopic (exact) mass is 320 g/mol. The highest BCUT2D eigenvalue weighted by atomic mass is 16.5. The molecule has 1 aromatic carbocycles. The molecule has 0 aromatic heterocycles. The molecule has 5 heteroatoms. The van der Waals surface area contributed by atoms with Gasteiger partial charge in [-0.05, 0) is 43.9 Å². The molecule has 1 aliphatic heterocycles. The first-order chi connectivity index (χ1) is 11.1. The lowest BCUT2D eigenvalue weighted by molar-refractivity contribution is -0.123. The third kappa shape index (κ3) is 4.24. The van der Waals surface area contributed by atoms with Crippen molar-refractivity contribution < 1.29 is 14.6 Å². The number of benzene rings is 1. The maximum atomic E-state index is 12.2. The van der Waals surface area contributed by atoms with E-state index in [1.165, 1.54) is 0 Å². The Balaban J connectivity index is 1.81. The van der Waals surface area contributed by atoms with Crippen molar-refractivity contribution in [3.05, 3.63) is 29.8 Å². The van der Waals surface area contributed by atoms with Crippen LogP contribution >= 0.6 is 0 Å². The molecule has 1 amide bonds. The van der Waals surface area contributed by atoms with Crippen molar-refractivity contribution in [3.8, 4) is 5.75 Å². The van der Waals surface area contributed by atoms with Crippen LogP contribution in [0.25, 0.3) is 0 Å². The lowest BCUT2D eigenvalue weighted by Crippen LogP contribution is -2.50. The van der Waals surface area contributed by atoms with E-state index in [9.17, 15) is 9.90 Å². The molecular weight excluding hydrogens is 292 g/mol. The number of likely N-dealkylation sites (tertiary alicyclic amines) is 1. The van der Waals surface area contributed by atoms with Crippen molar-refractivity contribution in [1.82, 2.24) is 10.2 Å². The number of carbonyl (C=O) groups excluding carboxylic acids is 1. The van der Waals surface area contributed by atoms with Crippen LogP contribution in [0.5, 0.6) is 5.75 Å². The number of ether oxygens (including phenoxy) is 1. The minimum atomic E-state index is -0.208. The molecule has 2 rings (SSSR count). The Bertz CT molecular complexity index is 515. The minimum absolute atomic E-state index is 0.0214. The Morgan fingerprint density at radius 2 is 2.22 bits per heavy atom. The van der Waals surface area contributed by atoms with Crippen molar-refractivity contribution in [2.75, 3.05) is 33.4 Å². The fraction of sp³-hybridized carbons (Fsp3) is 0.611. The van der Waals surface area contributed by atoms with E-state index in [0.29, 0.717) is 13.1 Å². The van der Waals surface area contributed by atoms with Crippen molar-refractivity contribution in [1.29, 1.82) is 0 Å². The van der Waals surface area contributed by atoms with E-state index < -0.39 is 0 Å². The van der Waals surface area contributed by atoms with Crippen molar-refractivity contribution in [3.63, 3.8) is 0 Å². The molecule has 0 aliphatic carbocycles. The van der Waals surface area contributed by atoms with Crippen LogP contribution < -0.4 is 10.1 Å². The summed E-state index contributed by atoms with van der Waals surface area (Å²) >= 11 is 0. The van der Waals surface area contributed by atoms with Crippen molar-refractivity contribution in [2.24, 2.45) is 0 Å². The van der Waals surface area contributed by atoms with Crippen LogP contribution in [0.1, 0.15) is 31.7 Å². The summed E-state index contributed by atoms with van der Waals surface area (Å²) in [6.45, 7) is 4.03. The number of nitrogens with one attached hydrogen (secondary N) is 1. The molecule has 1 saturated heterocycles. The van der Waals surface area contributed by atoms with Gasteiger partial charge in [0.05, 0.1) is 20.3 Å². The molecule has 1 heterocycles. The summed E-state index contributed by atoms with van der Waals surface area (Å²) in [5.74, 6) is 0.875. The van der Waals surface area contributed by atoms with Crippen LogP contribution in [0.15, 0.2) is 24.3 Å². The second-order valence-corrected chi connectivity index (χ2v) is 6.17. The highest BCUT2D eigenvalue weighted by Crippen LogP contribution is 2.31. The van der Waals surface area contributed by atoms with Crippen molar-refractivity contribution in [2.45, 2.75) is 38.1 Å². The molecule has 1 aliphatic rings. The lowest BCUT2D eigenvalue weighted by Gasteiger charge is -2.35. The predicted molar refractivity (Wildman–Crippen MR) is 90.6 cm³/mol. The zero-order valence-corrected chi connectivity index (χ0v) is 14.2. The van der Waals surface area contributed by atoms with Gasteiger partial charge >= 0.3 is 0 Å². The van der Waals surface area contributed by atoms with E-state index in [1.807, 2.05) is 24.3 Å². The molecule has 5 nitrogen and oxygen atoms in total. The molecule has 128 valence electrons. The molecule has 1 atom stereocenters. The van der Waals surface area contributed by atoms with E-state index in [0.717, 1.165) is 43.5 Å². The van der Waals surface area contributed by atoms with E-state index >= 15 is 0 Å². The number of rotatable bonds is 8. The largest absolute Gasteiger partial charge is 0.496 e. The van der Waals surface area contributed by atoms with Crippen LogP contribution in [0.4, 0.5) is 0 Å². The average Bonchev–Trinajstić information content (AvgIpc) is 2.98. The average molecular weight is 320 g/mol. The Hall–Kier alpha value is -1.59. The minimum Gasteiger partial charge on any atom is -0.496 e. The van der Waals surface area contributed by atoms with E-state index in [-0.39, 0.29) is 18.1 Å². The van der Waals surface area contributed by atoms with Gasteiger partial charge in [0.15, 0.2) is 0 Å². The molecule has 0 saturated carbocycles. The van der Waals surface area contributed by atoms with Gasteiger partial charge in [0.2, 0.25) is 5.91 Å². The van der Waals surface area contributed by atoms with Crippen LogP contribution in [0.3, 0.4) is 0 Å². The van der Waals surface area contributed by atoms with Crippen molar-refractivity contribution >= 4 is 5.91 Å². The molecule has 1 aromatic rings. The number of methoxy groups -OCH3 is 1. The standard InChI is InChI=1S/C18H28N2O3/c1-3-18(14-21)10-6-12-20(18)13-17(22)19-11-9-15-7-4-5-8-16(15)23-2/h4-5,7-8,21H,3,6,9-14H2,1-2H3,(H,19,22)/t18-/m0/s1. The number of nitrogens with zero attached hydrogens (tertiary/aromatic N) is 1.